The fraction of sp³-hybridized carbons (Fsp3) is 0.174. The van der Waals surface area contributed by atoms with Gasteiger partial charge in [-0.2, -0.15) is 10.2 Å². The second kappa shape index (κ2) is 10.1. The fourth-order valence-electron chi connectivity index (χ4n) is 2.85. The van der Waals surface area contributed by atoms with Crippen molar-refractivity contribution in [1.29, 1.82) is 0 Å². The molecule has 7 heteroatoms. The number of rotatable bonds is 8. The Labute approximate surface area is 175 Å². The van der Waals surface area contributed by atoms with Crippen molar-refractivity contribution < 1.29 is 19.0 Å². The van der Waals surface area contributed by atoms with Crippen LogP contribution in [-0.4, -0.2) is 27.2 Å². The maximum absolute atomic E-state index is 12.5. The molecule has 30 heavy (non-hydrogen) atoms. The van der Waals surface area contributed by atoms with Gasteiger partial charge in [-0.1, -0.05) is 18.2 Å². The van der Waals surface area contributed by atoms with Gasteiger partial charge in [-0.05, 0) is 54.1 Å². The van der Waals surface area contributed by atoms with Gasteiger partial charge in [0.05, 0.1) is 39.1 Å². The lowest BCUT2D eigenvalue weighted by molar-refractivity contribution is -0.115. The van der Waals surface area contributed by atoms with E-state index in [0.717, 1.165) is 11.3 Å². The van der Waals surface area contributed by atoms with Crippen molar-refractivity contribution in [3.8, 4) is 17.2 Å². The third-order valence-electron chi connectivity index (χ3n) is 4.28. The Bertz CT molecular complexity index is 993. The average Bonchev–Trinajstić information content (AvgIpc) is 2.78. The summed E-state index contributed by atoms with van der Waals surface area (Å²) in [7, 11) is 4.62. The maximum Gasteiger partial charge on any atom is 0.228 e. The zero-order valence-corrected chi connectivity index (χ0v) is 17.1. The maximum atomic E-state index is 12.5. The Balaban J connectivity index is 1.64. The minimum absolute atomic E-state index is 0.159. The number of ether oxygens (including phenoxy) is 3. The standard InChI is InChI=1S/C23H23N3O4/c1-28-20-13-16(14-21(29-2)23(20)30-3)15-22(27)24-17-9-11-19(12-10-17)26-25-18-7-5-4-6-8-18/h4-14H,15H2,1-3H3,(H,24,27). The lowest BCUT2D eigenvalue weighted by atomic mass is 10.1. The van der Waals surface area contributed by atoms with Gasteiger partial charge in [0.15, 0.2) is 11.5 Å². The number of hydrogen-bond donors (Lipinski definition) is 1. The minimum atomic E-state index is -0.164. The van der Waals surface area contributed by atoms with Crippen molar-refractivity contribution >= 4 is 23.0 Å². The number of amides is 1. The van der Waals surface area contributed by atoms with Crippen molar-refractivity contribution in [3.63, 3.8) is 0 Å². The molecule has 1 amide bonds. The largest absolute Gasteiger partial charge is 0.493 e. The number of hydrogen-bond acceptors (Lipinski definition) is 6. The van der Waals surface area contributed by atoms with Gasteiger partial charge in [-0.15, -0.1) is 0 Å². The van der Waals surface area contributed by atoms with Gasteiger partial charge in [0.25, 0.3) is 0 Å². The first-order valence-corrected chi connectivity index (χ1v) is 9.28. The third kappa shape index (κ3) is 5.35. The van der Waals surface area contributed by atoms with Crippen LogP contribution in [0, 0.1) is 0 Å². The quantitative estimate of drug-likeness (QED) is 0.515. The van der Waals surface area contributed by atoms with E-state index in [-0.39, 0.29) is 12.3 Å². The Hall–Kier alpha value is -3.87. The molecular formula is C23H23N3O4. The number of methoxy groups -OCH3 is 3. The first-order chi connectivity index (χ1) is 14.6. The van der Waals surface area contributed by atoms with Crippen LogP contribution in [0.15, 0.2) is 77.0 Å². The van der Waals surface area contributed by atoms with E-state index in [2.05, 4.69) is 15.5 Å². The molecule has 0 atom stereocenters. The van der Waals surface area contributed by atoms with E-state index in [1.54, 1.807) is 36.4 Å². The van der Waals surface area contributed by atoms with Crippen molar-refractivity contribution in [2.75, 3.05) is 26.6 Å². The summed E-state index contributed by atoms with van der Waals surface area (Å²) in [6.45, 7) is 0. The summed E-state index contributed by atoms with van der Waals surface area (Å²) in [6.07, 6.45) is 0.159. The van der Waals surface area contributed by atoms with Gasteiger partial charge in [0.1, 0.15) is 0 Å². The van der Waals surface area contributed by atoms with Crippen LogP contribution in [0.3, 0.4) is 0 Å². The summed E-state index contributed by atoms with van der Waals surface area (Å²) in [6, 6.07) is 20.2. The molecule has 3 aromatic carbocycles. The Morgan fingerprint density at radius 1 is 0.800 bits per heavy atom. The molecule has 0 heterocycles. The number of nitrogens with one attached hydrogen (secondary N) is 1. The number of benzene rings is 3. The second-order valence-electron chi connectivity index (χ2n) is 6.34. The van der Waals surface area contributed by atoms with E-state index >= 15 is 0 Å². The van der Waals surface area contributed by atoms with Crippen molar-refractivity contribution in [3.05, 3.63) is 72.3 Å². The topological polar surface area (TPSA) is 81.5 Å². The van der Waals surface area contributed by atoms with Gasteiger partial charge in [0, 0.05) is 5.69 Å². The first kappa shape index (κ1) is 20.9. The Kier molecular flexibility index (Phi) is 7.00. The lowest BCUT2D eigenvalue weighted by Gasteiger charge is -2.14. The highest BCUT2D eigenvalue weighted by molar-refractivity contribution is 5.92. The summed E-state index contributed by atoms with van der Waals surface area (Å²) in [5, 5.41) is 11.2. The summed E-state index contributed by atoms with van der Waals surface area (Å²) in [4.78, 5) is 12.5. The van der Waals surface area contributed by atoms with E-state index in [0.29, 0.717) is 28.6 Å². The highest BCUT2D eigenvalue weighted by Gasteiger charge is 2.15. The molecule has 7 nitrogen and oxygen atoms in total. The molecule has 0 aliphatic carbocycles. The molecule has 0 aliphatic heterocycles. The smallest absolute Gasteiger partial charge is 0.228 e. The normalized spacial score (nSPS) is 10.6. The molecule has 0 saturated heterocycles. The lowest BCUT2D eigenvalue weighted by Crippen LogP contribution is -2.14. The number of carbonyl (C=O) groups excluding carboxylic acids is 1. The highest BCUT2D eigenvalue weighted by Crippen LogP contribution is 2.38. The summed E-state index contributed by atoms with van der Waals surface area (Å²) < 4.78 is 16.0. The minimum Gasteiger partial charge on any atom is -0.493 e. The Morgan fingerprint density at radius 2 is 1.37 bits per heavy atom. The molecule has 0 saturated carbocycles. The number of azo groups is 1. The van der Waals surface area contributed by atoms with Gasteiger partial charge >= 0.3 is 0 Å². The van der Waals surface area contributed by atoms with Crippen LogP contribution in [-0.2, 0) is 11.2 Å². The molecule has 3 aromatic rings. The van der Waals surface area contributed by atoms with Crippen LogP contribution >= 0.6 is 0 Å². The van der Waals surface area contributed by atoms with Crippen molar-refractivity contribution in [1.82, 2.24) is 0 Å². The van der Waals surface area contributed by atoms with Crippen molar-refractivity contribution in [2.45, 2.75) is 6.42 Å². The zero-order chi connectivity index (χ0) is 21.3. The average molecular weight is 405 g/mol. The third-order valence-corrected chi connectivity index (χ3v) is 4.28. The summed E-state index contributed by atoms with van der Waals surface area (Å²) in [5.41, 5.74) is 2.89. The van der Waals surface area contributed by atoms with Crippen LogP contribution < -0.4 is 19.5 Å². The molecule has 154 valence electrons. The van der Waals surface area contributed by atoms with Crippen LogP contribution in [0.5, 0.6) is 17.2 Å². The van der Waals surface area contributed by atoms with Gasteiger partial charge < -0.3 is 19.5 Å². The molecule has 0 bridgehead atoms. The van der Waals surface area contributed by atoms with E-state index in [9.17, 15) is 4.79 Å². The number of carbonyl (C=O) groups is 1. The van der Waals surface area contributed by atoms with Crippen LogP contribution in [0.1, 0.15) is 5.56 Å². The molecule has 0 spiro atoms. The molecular weight excluding hydrogens is 382 g/mol. The Morgan fingerprint density at radius 3 is 1.90 bits per heavy atom. The number of nitrogens with zero attached hydrogens (tertiary/aromatic N) is 2. The molecule has 1 N–H and O–H groups in total. The fourth-order valence-corrected chi connectivity index (χ4v) is 2.85. The van der Waals surface area contributed by atoms with E-state index in [4.69, 9.17) is 14.2 Å². The monoisotopic (exact) mass is 405 g/mol. The molecule has 0 aliphatic rings. The van der Waals surface area contributed by atoms with Crippen molar-refractivity contribution in [2.24, 2.45) is 10.2 Å². The molecule has 0 radical (unpaired) electrons. The second-order valence-corrected chi connectivity index (χ2v) is 6.34. The predicted octanol–water partition coefficient (Wildman–Crippen LogP) is 5.31. The van der Waals surface area contributed by atoms with Crippen LogP contribution in [0.4, 0.5) is 17.1 Å². The van der Waals surface area contributed by atoms with E-state index in [1.807, 2.05) is 30.3 Å². The first-order valence-electron chi connectivity index (χ1n) is 9.28. The van der Waals surface area contributed by atoms with Gasteiger partial charge in [0.2, 0.25) is 11.7 Å². The molecule has 0 aromatic heterocycles. The molecule has 0 unspecified atom stereocenters. The van der Waals surface area contributed by atoms with Gasteiger partial charge in [-0.25, -0.2) is 0 Å². The van der Waals surface area contributed by atoms with Gasteiger partial charge in [-0.3, -0.25) is 4.79 Å². The number of anilines is 1. The van der Waals surface area contributed by atoms with E-state index < -0.39 is 0 Å². The molecule has 3 rings (SSSR count). The highest BCUT2D eigenvalue weighted by atomic mass is 16.5. The SMILES string of the molecule is COc1cc(CC(=O)Nc2ccc(N=Nc3ccccc3)cc2)cc(OC)c1OC. The molecule has 0 fully saturated rings. The predicted molar refractivity (Wildman–Crippen MR) is 115 cm³/mol. The van der Waals surface area contributed by atoms with Crippen LogP contribution in [0.25, 0.3) is 0 Å². The zero-order valence-electron chi connectivity index (χ0n) is 17.1. The van der Waals surface area contributed by atoms with Crippen LogP contribution in [0.2, 0.25) is 0 Å². The summed E-state index contributed by atoms with van der Waals surface area (Å²) >= 11 is 0. The summed E-state index contributed by atoms with van der Waals surface area (Å²) in [5.74, 6) is 1.34. The van der Waals surface area contributed by atoms with E-state index in [1.165, 1.54) is 21.3 Å².